The van der Waals surface area contributed by atoms with Crippen LogP contribution in [-0.2, 0) is 14.6 Å². The lowest BCUT2D eigenvalue weighted by atomic mass is 9.98. The molecule has 9 heteroatoms. The van der Waals surface area contributed by atoms with Crippen LogP contribution in [0.1, 0.15) is 25.7 Å². The summed E-state index contributed by atoms with van der Waals surface area (Å²) in [5, 5.41) is 6.03. The molecule has 2 N–H and O–H groups in total. The summed E-state index contributed by atoms with van der Waals surface area (Å²) in [5.74, 6) is -2.04. The SMILES string of the molecule is CS(=O)(=O)c1cc(F)c(N[C@H]2CCCN(C3CCNCC3)C2=O)cc1F. The zero-order valence-electron chi connectivity index (χ0n) is 14.6. The van der Waals surface area contributed by atoms with Gasteiger partial charge < -0.3 is 15.5 Å². The highest BCUT2D eigenvalue weighted by molar-refractivity contribution is 7.90. The fourth-order valence-corrected chi connectivity index (χ4v) is 4.36. The third-order valence-electron chi connectivity index (χ3n) is 4.97. The van der Waals surface area contributed by atoms with Crippen molar-refractivity contribution in [2.24, 2.45) is 0 Å². The van der Waals surface area contributed by atoms with Crippen molar-refractivity contribution >= 4 is 21.4 Å². The van der Waals surface area contributed by atoms with E-state index in [1.807, 2.05) is 4.90 Å². The molecule has 2 fully saturated rings. The Kier molecular flexibility index (Phi) is 5.47. The van der Waals surface area contributed by atoms with Gasteiger partial charge in [0.05, 0.1) is 5.69 Å². The second-order valence-electron chi connectivity index (χ2n) is 6.89. The van der Waals surface area contributed by atoms with E-state index in [0.29, 0.717) is 19.0 Å². The zero-order chi connectivity index (χ0) is 18.9. The van der Waals surface area contributed by atoms with Crippen molar-refractivity contribution < 1.29 is 22.0 Å². The molecule has 0 aromatic heterocycles. The lowest BCUT2D eigenvalue weighted by Crippen LogP contribution is -2.54. The third-order valence-corrected chi connectivity index (χ3v) is 6.09. The minimum atomic E-state index is -3.86. The molecule has 0 radical (unpaired) electrons. The maximum absolute atomic E-state index is 14.3. The van der Waals surface area contributed by atoms with Crippen molar-refractivity contribution in [3.8, 4) is 0 Å². The molecule has 0 saturated carbocycles. The Labute approximate surface area is 151 Å². The van der Waals surface area contributed by atoms with Crippen LogP contribution in [0.5, 0.6) is 0 Å². The highest BCUT2D eigenvalue weighted by atomic mass is 32.2. The number of rotatable bonds is 4. The summed E-state index contributed by atoms with van der Waals surface area (Å²) in [5.41, 5.74) is -0.194. The minimum absolute atomic E-state index is 0.116. The molecule has 1 aromatic rings. The average molecular weight is 387 g/mol. The Bertz CT molecular complexity index is 795. The van der Waals surface area contributed by atoms with Crippen LogP contribution in [0.3, 0.4) is 0 Å². The van der Waals surface area contributed by atoms with Crippen molar-refractivity contribution in [1.82, 2.24) is 10.2 Å². The van der Waals surface area contributed by atoms with Crippen LogP contribution in [0, 0.1) is 11.6 Å². The van der Waals surface area contributed by atoms with Crippen molar-refractivity contribution in [2.45, 2.75) is 42.7 Å². The molecule has 2 aliphatic rings. The fraction of sp³-hybridized carbons (Fsp3) is 0.588. The summed E-state index contributed by atoms with van der Waals surface area (Å²) in [6, 6.07) is 0.993. The van der Waals surface area contributed by atoms with E-state index in [9.17, 15) is 22.0 Å². The molecule has 2 saturated heterocycles. The molecule has 144 valence electrons. The highest BCUT2D eigenvalue weighted by Gasteiger charge is 2.34. The normalized spacial score (nSPS) is 22.5. The molecule has 1 atom stereocenters. The lowest BCUT2D eigenvalue weighted by molar-refractivity contribution is -0.137. The van der Waals surface area contributed by atoms with E-state index >= 15 is 0 Å². The summed E-state index contributed by atoms with van der Waals surface area (Å²) in [6.07, 6.45) is 3.88. The van der Waals surface area contributed by atoms with E-state index in [2.05, 4.69) is 10.6 Å². The number of carbonyl (C=O) groups excluding carboxylic acids is 1. The van der Waals surface area contributed by atoms with E-state index in [1.165, 1.54) is 0 Å². The fourth-order valence-electron chi connectivity index (χ4n) is 3.63. The molecule has 0 unspecified atom stereocenters. The van der Waals surface area contributed by atoms with E-state index in [0.717, 1.165) is 44.7 Å². The van der Waals surface area contributed by atoms with Crippen molar-refractivity contribution in [3.63, 3.8) is 0 Å². The highest BCUT2D eigenvalue weighted by Crippen LogP contribution is 2.26. The van der Waals surface area contributed by atoms with Crippen LogP contribution in [0.25, 0.3) is 0 Å². The molecule has 0 bridgehead atoms. The second kappa shape index (κ2) is 7.48. The van der Waals surface area contributed by atoms with Crippen LogP contribution in [0.2, 0.25) is 0 Å². The van der Waals surface area contributed by atoms with Crippen LogP contribution < -0.4 is 10.6 Å². The first-order chi connectivity index (χ1) is 12.3. The van der Waals surface area contributed by atoms with Gasteiger partial charge in [0.2, 0.25) is 5.91 Å². The van der Waals surface area contributed by atoms with Crippen molar-refractivity contribution in [1.29, 1.82) is 0 Å². The lowest BCUT2D eigenvalue weighted by Gasteiger charge is -2.40. The third kappa shape index (κ3) is 3.98. The molecule has 2 aliphatic heterocycles. The number of nitrogens with zero attached hydrogens (tertiary/aromatic N) is 1. The van der Waals surface area contributed by atoms with Gasteiger partial charge in [0, 0.05) is 24.9 Å². The Morgan fingerprint density at radius 2 is 1.85 bits per heavy atom. The average Bonchev–Trinajstić information content (AvgIpc) is 2.59. The Balaban J connectivity index is 1.77. The van der Waals surface area contributed by atoms with Crippen LogP contribution in [0.15, 0.2) is 17.0 Å². The number of benzene rings is 1. The van der Waals surface area contributed by atoms with Crippen molar-refractivity contribution in [3.05, 3.63) is 23.8 Å². The number of likely N-dealkylation sites (tertiary alicyclic amines) is 1. The molecular formula is C17H23F2N3O3S. The summed E-state index contributed by atoms with van der Waals surface area (Å²) >= 11 is 0. The van der Waals surface area contributed by atoms with Gasteiger partial charge in [-0.05, 0) is 44.8 Å². The molecular weight excluding hydrogens is 364 g/mol. The molecule has 2 heterocycles. The van der Waals surface area contributed by atoms with Gasteiger partial charge in [0.25, 0.3) is 0 Å². The standard InChI is InChI=1S/C17H23F2N3O3S/c1-26(24,25)16-10-12(18)15(9-13(16)19)21-14-3-2-8-22(17(14)23)11-4-6-20-7-5-11/h9-11,14,20-21H,2-8H2,1H3/t14-/m0/s1. The van der Waals surface area contributed by atoms with E-state index in [-0.39, 0.29) is 17.6 Å². The number of nitrogens with one attached hydrogen (secondary N) is 2. The van der Waals surface area contributed by atoms with Crippen molar-refractivity contribution in [2.75, 3.05) is 31.2 Å². The van der Waals surface area contributed by atoms with Gasteiger partial charge in [-0.3, -0.25) is 4.79 Å². The van der Waals surface area contributed by atoms with Crippen LogP contribution in [0.4, 0.5) is 14.5 Å². The first kappa shape index (κ1) is 19.0. The molecule has 6 nitrogen and oxygen atoms in total. The summed E-state index contributed by atoms with van der Waals surface area (Å²) in [6.45, 7) is 2.39. The summed E-state index contributed by atoms with van der Waals surface area (Å²) in [7, 11) is -3.86. The molecule has 1 aromatic carbocycles. The van der Waals surface area contributed by atoms with Gasteiger partial charge in [-0.2, -0.15) is 0 Å². The quantitative estimate of drug-likeness (QED) is 0.819. The predicted molar refractivity (Wildman–Crippen MR) is 93.7 cm³/mol. The van der Waals surface area contributed by atoms with Gasteiger partial charge in [0.15, 0.2) is 9.84 Å². The molecule has 3 rings (SSSR count). The minimum Gasteiger partial charge on any atom is -0.371 e. The topological polar surface area (TPSA) is 78.5 Å². The summed E-state index contributed by atoms with van der Waals surface area (Å²) < 4.78 is 51.3. The number of piperidine rings is 2. The molecule has 0 aliphatic carbocycles. The van der Waals surface area contributed by atoms with Gasteiger partial charge in [-0.1, -0.05) is 0 Å². The molecule has 0 spiro atoms. The zero-order valence-corrected chi connectivity index (χ0v) is 15.4. The largest absolute Gasteiger partial charge is 0.371 e. The van der Waals surface area contributed by atoms with Gasteiger partial charge in [-0.15, -0.1) is 0 Å². The van der Waals surface area contributed by atoms with Crippen LogP contribution >= 0.6 is 0 Å². The Morgan fingerprint density at radius 3 is 2.50 bits per heavy atom. The first-order valence-electron chi connectivity index (χ1n) is 8.74. The smallest absolute Gasteiger partial charge is 0.245 e. The first-order valence-corrected chi connectivity index (χ1v) is 10.6. The maximum Gasteiger partial charge on any atom is 0.245 e. The Morgan fingerprint density at radius 1 is 1.15 bits per heavy atom. The van der Waals surface area contributed by atoms with Gasteiger partial charge in [-0.25, -0.2) is 17.2 Å². The predicted octanol–water partition coefficient (Wildman–Crippen LogP) is 1.52. The van der Waals surface area contributed by atoms with E-state index < -0.39 is 32.4 Å². The second-order valence-corrected chi connectivity index (χ2v) is 8.87. The number of anilines is 1. The van der Waals surface area contributed by atoms with E-state index in [1.54, 1.807) is 0 Å². The Hall–Kier alpha value is -1.74. The number of hydrogen-bond donors (Lipinski definition) is 2. The number of halogens is 2. The van der Waals surface area contributed by atoms with Gasteiger partial charge >= 0.3 is 0 Å². The maximum atomic E-state index is 14.3. The van der Waals surface area contributed by atoms with E-state index in [4.69, 9.17) is 0 Å². The number of sulfone groups is 1. The van der Waals surface area contributed by atoms with Gasteiger partial charge in [0.1, 0.15) is 22.6 Å². The number of carbonyl (C=O) groups is 1. The number of amides is 1. The monoisotopic (exact) mass is 387 g/mol. The number of hydrogen-bond acceptors (Lipinski definition) is 5. The summed E-state index contributed by atoms with van der Waals surface area (Å²) in [4.78, 5) is 13.9. The molecule has 1 amide bonds. The van der Waals surface area contributed by atoms with Crippen LogP contribution in [-0.4, -0.2) is 57.2 Å². The molecule has 26 heavy (non-hydrogen) atoms.